The largest absolute Gasteiger partial charge is 0.0594 e. The second-order valence-electron chi connectivity index (χ2n) is 9.32. The van der Waals surface area contributed by atoms with Gasteiger partial charge in [0.2, 0.25) is 0 Å². The van der Waals surface area contributed by atoms with Crippen LogP contribution in [0.1, 0.15) is 129 Å². The molecule has 0 nitrogen and oxygen atoms in total. The topological polar surface area (TPSA) is 0 Å². The first-order valence-electron chi connectivity index (χ1n) is 11.2. The zero-order valence-electron chi connectivity index (χ0n) is 17.1. The zero-order valence-corrected chi connectivity index (χ0v) is 19.3. The van der Waals surface area contributed by atoms with E-state index in [1.54, 1.807) is 0 Å². The van der Waals surface area contributed by atoms with Crippen molar-refractivity contribution in [1.82, 2.24) is 0 Å². The summed E-state index contributed by atoms with van der Waals surface area (Å²) < 4.78 is 0. The molecule has 152 valence electrons. The standard InChI is InChI=1S/C13H24.2C5H10.2Fe/c1-13(2,11-7-3-4-8-11)12-9-5-6-10-12;2*1-2-4-5-3-1;;/h11-12H,3-10H2,1-2H3;2*1-5H2;;. The maximum atomic E-state index is 2.54. The molecule has 0 aromatic heterocycles. The molecule has 0 saturated heterocycles. The third kappa shape index (κ3) is 9.69. The molecular formula is C23H44Fe2. The van der Waals surface area contributed by atoms with E-state index in [9.17, 15) is 0 Å². The minimum absolute atomic E-state index is 0. The Hall–Kier alpha value is 1.04. The van der Waals surface area contributed by atoms with Crippen molar-refractivity contribution in [2.75, 3.05) is 0 Å². The number of rotatable bonds is 2. The van der Waals surface area contributed by atoms with Crippen LogP contribution < -0.4 is 0 Å². The summed E-state index contributed by atoms with van der Waals surface area (Å²) in [5.74, 6) is 2.10. The summed E-state index contributed by atoms with van der Waals surface area (Å²) in [5, 5.41) is 0. The Labute approximate surface area is 180 Å². The van der Waals surface area contributed by atoms with Gasteiger partial charge in [0, 0.05) is 34.1 Å². The van der Waals surface area contributed by atoms with E-state index in [4.69, 9.17) is 0 Å². The molecule has 4 aliphatic carbocycles. The predicted molar refractivity (Wildman–Crippen MR) is 104 cm³/mol. The molecule has 0 unspecified atom stereocenters. The average Bonchev–Trinajstić information content (AvgIpc) is 3.44. The van der Waals surface area contributed by atoms with Crippen molar-refractivity contribution in [1.29, 1.82) is 0 Å². The van der Waals surface area contributed by atoms with E-state index in [0.29, 0.717) is 5.41 Å². The molecule has 0 bridgehead atoms. The monoisotopic (exact) mass is 432 g/mol. The van der Waals surface area contributed by atoms with E-state index in [1.807, 2.05) is 0 Å². The Morgan fingerprint density at radius 2 is 0.600 bits per heavy atom. The van der Waals surface area contributed by atoms with Gasteiger partial charge in [-0.05, 0) is 42.9 Å². The smallest absolute Gasteiger partial charge is 0 e. The van der Waals surface area contributed by atoms with Crippen LogP contribution in [0.15, 0.2) is 0 Å². The summed E-state index contributed by atoms with van der Waals surface area (Å²) in [6.45, 7) is 5.08. The van der Waals surface area contributed by atoms with E-state index in [0.717, 1.165) is 11.8 Å². The molecule has 0 N–H and O–H groups in total. The van der Waals surface area contributed by atoms with Crippen LogP contribution in [0.25, 0.3) is 0 Å². The fourth-order valence-electron chi connectivity index (χ4n) is 5.44. The zero-order chi connectivity index (χ0) is 16.4. The second-order valence-corrected chi connectivity index (χ2v) is 9.32. The fourth-order valence-corrected chi connectivity index (χ4v) is 5.44. The molecular weight excluding hydrogens is 388 g/mol. The van der Waals surface area contributed by atoms with Crippen LogP contribution >= 0.6 is 0 Å². The first kappa shape index (κ1) is 26.0. The van der Waals surface area contributed by atoms with Crippen LogP contribution in [0.5, 0.6) is 0 Å². The van der Waals surface area contributed by atoms with Crippen LogP contribution in [0.3, 0.4) is 0 Å². The third-order valence-electron chi connectivity index (χ3n) is 7.31. The molecule has 0 aromatic carbocycles. The molecule has 0 aromatic rings. The van der Waals surface area contributed by atoms with Crippen LogP contribution in [0.2, 0.25) is 0 Å². The van der Waals surface area contributed by atoms with Crippen molar-refractivity contribution in [2.45, 2.75) is 129 Å². The van der Waals surface area contributed by atoms with E-state index < -0.39 is 0 Å². The van der Waals surface area contributed by atoms with E-state index in [2.05, 4.69) is 13.8 Å². The summed E-state index contributed by atoms with van der Waals surface area (Å²) >= 11 is 0. The number of hydrogen-bond acceptors (Lipinski definition) is 0. The van der Waals surface area contributed by atoms with Crippen molar-refractivity contribution in [3.05, 3.63) is 0 Å². The third-order valence-corrected chi connectivity index (χ3v) is 7.31. The summed E-state index contributed by atoms with van der Waals surface area (Å²) in [4.78, 5) is 0. The van der Waals surface area contributed by atoms with Crippen LogP contribution in [0, 0.1) is 17.3 Å². The van der Waals surface area contributed by atoms with Crippen molar-refractivity contribution >= 4 is 0 Å². The first-order valence-corrected chi connectivity index (χ1v) is 11.2. The van der Waals surface area contributed by atoms with Gasteiger partial charge >= 0.3 is 0 Å². The maximum absolute atomic E-state index is 2.54. The van der Waals surface area contributed by atoms with Gasteiger partial charge in [0.1, 0.15) is 0 Å². The minimum Gasteiger partial charge on any atom is -0.0594 e. The Kier molecular flexibility index (Phi) is 15.6. The minimum atomic E-state index is 0. The van der Waals surface area contributed by atoms with E-state index >= 15 is 0 Å². The van der Waals surface area contributed by atoms with Gasteiger partial charge in [-0.2, -0.15) is 0 Å². The molecule has 0 radical (unpaired) electrons. The van der Waals surface area contributed by atoms with Crippen LogP contribution in [-0.4, -0.2) is 0 Å². The van der Waals surface area contributed by atoms with Gasteiger partial charge in [0.25, 0.3) is 0 Å². The Balaban J connectivity index is 0.000000400. The van der Waals surface area contributed by atoms with Gasteiger partial charge in [-0.1, -0.05) is 104 Å². The molecule has 0 aliphatic heterocycles. The van der Waals surface area contributed by atoms with Crippen molar-refractivity contribution in [2.24, 2.45) is 17.3 Å². The van der Waals surface area contributed by atoms with Crippen molar-refractivity contribution in [3.63, 3.8) is 0 Å². The summed E-state index contributed by atoms with van der Waals surface area (Å²) in [5.41, 5.74) is 0.660. The normalized spacial score (nSPS) is 23.8. The summed E-state index contributed by atoms with van der Waals surface area (Å²) in [7, 11) is 0. The molecule has 4 rings (SSSR count). The van der Waals surface area contributed by atoms with Crippen molar-refractivity contribution in [3.8, 4) is 0 Å². The van der Waals surface area contributed by atoms with E-state index in [1.165, 1.54) is 116 Å². The van der Waals surface area contributed by atoms with Gasteiger partial charge in [-0.15, -0.1) is 0 Å². The number of hydrogen-bond donors (Lipinski definition) is 0. The molecule has 4 aliphatic rings. The predicted octanol–water partition coefficient (Wildman–Crippen LogP) is 8.29. The van der Waals surface area contributed by atoms with Gasteiger partial charge in [0.15, 0.2) is 0 Å². The summed E-state index contributed by atoms with van der Waals surface area (Å²) in [6, 6.07) is 0. The van der Waals surface area contributed by atoms with Crippen LogP contribution in [0.4, 0.5) is 0 Å². The van der Waals surface area contributed by atoms with Crippen molar-refractivity contribution < 1.29 is 34.1 Å². The quantitative estimate of drug-likeness (QED) is 0.385. The Morgan fingerprint density at radius 1 is 0.400 bits per heavy atom. The van der Waals surface area contributed by atoms with E-state index in [-0.39, 0.29) is 34.1 Å². The molecule has 0 heterocycles. The SMILES string of the molecule is C1CCCC1.C1CCCC1.CC(C)(C1CCCC1)C1CCCC1.[Fe].[Fe]. The average molecular weight is 432 g/mol. The molecule has 25 heavy (non-hydrogen) atoms. The molecule has 4 saturated carbocycles. The Bertz CT molecular complexity index is 237. The van der Waals surface area contributed by atoms with Gasteiger partial charge in [-0.25, -0.2) is 0 Å². The molecule has 4 fully saturated rings. The molecule has 0 atom stereocenters. The first-order chi connectivity index (χ1) is 11.2. The van der Waals surface area contributed by atoms with Crippen LogP contribution in [-0.2, 0) is 34.1 Å². The summed E-state index contributed by atoms with van der Waals surface area (Å²) in [6.07, 6.45) is 27.1. The molecule has 2 heteroatoms. The molecule has 0 spiro atoms. The maximum Gasteiger partial charge on any atom is 0 e. The molecule has 0 amide bonds. The van der Waals surface area contributed by atoms with Gasteiger partial charge in [-0.3, -0.25) is 0 Å². The fraction of sp³-hybridized carbons (Fsp3) is 1.00. The van der Waals surface area contributed by atoms with Gasteiger partial charge in [0.05, 0.1) is 0 Å². The van der Waals surface area contributed by atoms with Gasteiger partial charge < -0.3 is 0 Å². The second kappa shape index (κ2) is 15.0. The Morgan fingerprint density at radius 3 is 0.800 bits per heavy atom.